The molecule has 0 fully saturated rings. The molecule has 0 atom stereocenters. The summed E-state index contributed by atoms with van der Waals surface area (Å²) in [6.07, 6.45) is 5.74. The Morgan fingerprint density at radius 2 is 1.81 bits per heavy atom. The first-order chi connectivity index (χ1) is 10.2. The fraction of sp³-hybridized carbons (Fsp3) is 0.125. The highest BCUT2D eigenvalue weighted by atomic mass is 16.1. The quantitative estimate of drug-likeness (QED) is 0.691. The minimum Gasteiger partial charge on any atom is -0.298 e. The maximum atomic E-state index is 11.3. The first kappa shape index (κ1) is 13.2. The second-order valence-electron chi connectivity index (χ2n) is 4.77. The molecule has 3 rings (SSSR count). The molecule has 2 heterocycles. The predicted octanol–water partition coefficient (Wildman–Crippen LogP) is 2.76. The van der Waals surface area contributed by atoms with Crippen LogP contribution in [0.15, 0.2) is 42.9 Å². The van der Waals surface area contributed by atoms with Gasteiger partial charge in [-0.3, -0.25) is 14.8 Å². The number of hydrogen-bond donors (Lipinski definition) is 0. The van der Waals surface area contributed by atoms with Crippen LogP contribution in [0.2, 0.25) is 0 Å². The Morgan fingerprint density at radius 3 is 2.52 bits per heavy atom. The van der Waals surface area contributed by atoms with E-state index in [1.807, 2.05) is 38.1 Å². The number of nitrogens with zero attached hydrogens (tertiary/aromatic N) is 4. The number of rotatable bonds is 3. The Labute approximate surface area is 122 Å². The van der Waals surface area contributed by atoms with Crippen molar-refractivity contribution >= 4 is 6.29 Å². The number of aromatic nitrogens is 4. The maximum Gasteiger partial charge on any atom is 0.153 e. The van der Waals surface area contributed by atoms with Gasteiger partial charge >= 0.3 is 0 Å². The lowest BCUT2D eigenvalue weighted by atomic mass is 10.2. The Bertz CT molecular complexity index is 808. The van der Waals surface area contributed by atoms with Crippen molar-refractivity contribution in [3.8, 4) is 17.1 Å². The Hall–Kier alpha value is -2.82. The van der Waals surface area contributed by atoms with E-state index in [9.17, 15) is 4.79 Å². The molecule has 3 aromatic rings. The number of benzene rings is 1. The third kappa shape index (κ3) is 2.33. The average molecular weight is 278 g/mol. The summed E-state index contributed by atoms with van der Waals surface area (Å²) < 4.78 is 1.71. The van der Waals surface area contributed by atoms with E-state index in [-0.39, 0.29) is 0 Å². The molecule has 104 valence electrons. The van der Waals surface area contributed by atoms with Crippen LogP contribution in [0.3, 0.4) is 0 Å². The topological polar surface area (TPSA) is 60.7 Å². The van der Waals surface area contributed by atoms with E-state index in [4.69, 9.17) is 0 Å². The standard InChI is InChI=1S/C16H14N4O/c1-11-5-3-4-6-14(11)20-9-13(10-21)16(19-20)15-12(2)17-7-8-18-15/h3-10H,1-2H3. The van der Waals surface area contributed by atoms with Crippen molar-refractivity contribution in [2.24, 2.45) is 0 Å². The summed E-state index contributed by atoms with van der Waals surface area (Å²) in [5.41, 5.74) is 4.46. The lowest BCUT2D eigenvalue weighted by molar-refractivity contribution is 0.112. The van der Waals surface area contributed by atoms with Gasteiger partial charge in [-0.05, 0) is 25.5 Å². The molecule has 0 saturated carbocycles. The molecule has 2 aromatic heterocycles. The normalized spacial score (nSPS) is 10.6. The van der Waals surface area contributed by atoms with Crippen molar-refractivity contribution in [3.63, 3.8) is 0 Å². The highest BCUT2D eigenvalue weighted by molar-refractivity contribution is 5.85. The molecule has 1 aromatic carbocycles. The molecule has 0 amide bonds. The maximum absolute atomic E-state index is 11.3. The third-order valence-corrected chi connectivity index (χ3v) is 3.34. The minimum atomic E-state index is 0.502. The van der Waals surface area contributed by atoms with Crippen LogP contribution in [0.4, 0.5) is 0 Å². The van der Waals surface area contributed by atoms with Crippen molar-refractivity contribution in [3.05, 3.63) is 59.7 Å². The third-order valence-electron chi connectivity index (χ3n) is 3.34. The number of hydrogen-bond acceptors (Lipinski definition) is 4. The van der Waals surface area contributed by atoms with E-state index >= 15 is 0 Å². The van der Waals surface area contributed by atoms with Crippen LogP contribution in [0, 0.1) is 13.8 Å². The van der Waals surface area contributed by atoms with Crippen LogP contribution in [0.25, 0.3) is 17.1 Å². The Balaban J connectivity index is 2.18. The van der Waals surface area contributed by atoms with Crippen molar-refractivity contribution in [2.45, 2.75) is 13.8 Å². The molecule has 5 nitrogen and oxygen atoms in total. The summed E-state index contributed by atoms with van der Waals surface area (Å²) in [5, 5.41) is 4.53. The van der Waals surface area contributed by atoms with Gasteiger partial charge in [-0.25, -0.2) is 4.68 Å². The van der Waals surface area contributed by atoms with E-state index in [2.05, 4.69) is 15.1 Å². The van der Waals surface area contributed by atoms with E-state index in [0.29, 0.717) is 17.0 Å². The van der Waals surface area contributed by atoms with Crippen molar-refractivity contribution < 1.29 is 4.79 Å². The van der Waals surface area contributed by atoms with Gasteiger partial charge in [-0.2, -0.15) is 5.10 Å². The van der Waals surface area contributed by atoms with E-state index in [0.717, 1.165) is 23.2 Å². The lowest BCUT2D eigenvalue weighted by Crippen LogP contribution is -1.98. The van der Waals surface area contributed by atoms with Crippen LogP contribution >= 0.6 is 0 Å². The zero-order valence-corrected chi connectivity index (χ0v) is 11.8. The highest BCUT2D eigenvalue weighted by Gasteiger charge is 2.15. The van der Waals surface area contributed by atoms with Gasteiger partial charge in [-0.15, -0.1) is 0 Å². The molecule has 0 radical (unpaired) electrons. The van der Waals surface area contributed by atoms with Gasteiger partial charge in [0.05, 0.1) is 16.9 Å². The summed E-state index contributed by atoms with van der Waals surface area (Å²) in [6.45, 7) is 3.86. The Morgan fingerprint density at radius 1 is 1.05 bits per heavy atom. The zero-order chi connectivity index (χ0) is 14.8. The summed E-state index contributed by atoms with van der Waals surface area (Å²) in [5.74, 6) is 0. The molecular formula is C16H14N4O. The van der Waals surface area contributed by atoms with Crippen LogP contribution in [0.5, 0.6) is 0 Å². The number of para-hydroxylation sites is 1. The molecular weight excluding hydrogens is 264 g/mol. The number of aryl methyl sites for hydroxylation is 2. The molecule has 0 saturated heterocycles. The fourth-order valence-corrected chi connectivity index (χ4v) is 2.24. The largest absolute Gasteiger partial charge is 0.298 e. The van der Waals surface area contributed by atoms with Crippen LogP contribution in [-0.4, -0.2) is 26.0 Å². The first-order valence-electron chi connectivity index (χ1n) is 6.59. The molecule has 0 aliphatic rings. The second-order valence-corrected chi connectivity index (χ2v) is 4.77. The number of carbonyl (C=O) groups is 1. The van der Waals surface area contributed by atoms with Crippen LogP contribution < -0.4 is 0 Å². The highest BCUT2D eigenvalue weighted by Crippen LogP contribution is 2.23. The van der Waals surface area contributed by atoms with Crippen molar-refractivity contribution in [1.29, 1.82) is 0 Å². The monoisotopic (exact) mass is 278 g/mol. The molecule has 0 unspecified atom stereocenters. The molecule has 0 N–H and O–H groups in total. The van der Waals surface area contributed by atoms with Crippen molar-refractivity contribution in [1.82, 2.24) is 19.7 Å². The minimum absolute atomic E-state index is 0.502. The van der Waals surface area contributed by atoms with Gasteiger partial charge in [0.2, 0.25) is 0 Å². The van der Waals surface area contributed by atoms with Gasteiger partial charge in [0, 0.05) is 18.6 Å². The second kappa shape index (κ2) is 5.28. The summed E-state index contributed by atoms with van der Waals surface area (Å²) >= 11 is 0. The lowest BCUT2D eigenvalue weighted by Gasteiger charge is -2.04. The molecule has 21 heavy (non-hydrogen) atoms. The van der Waals surface area contributed by atoms with Gasteiger partial charge in [0.25, 0.3) is 0 Å². The predicted molar refractivity (Wildman–Crippen MR) is 79.5 cm³/mol. The fourth-order valence-electron chi connectivity index (χ4n) is 2.24. The molecule has 0 spiro atoms. The first-order valence-corrected chi connectivity index (χ1v) is 6.59. The summed E-state index contributed by atoms with van der Waals surface area (Å²) in [7, 11) is 0. The zero-order valence-electron chi connectivity index (χ0n) is 11.8. The van der Waals surface area contributed by atoms with E-state index in [1.165, 1.54) is 0 Å². The van der Waals surface area contributed by atoms with Gasteiger partial charge in [0.1, 0.15) is 11.4 Å². The van der Waals surface area contributed by atoms with Crippen LogP contribution in [0.1, 0.15) is 21.6 Å². The van der Waals surface area contributed by atoms with E-state index in [1.54, 1.807) is 23.3 Å². The summed E-state index contributed by atoms with van der Waals surface area (Å²) in [4.78, 5) is 19.8. The molecule has 0 aliphatic carbocycles. The summed E-state index contributed by atoms with van der Waals surface area (Å²) in [6, 6.07) is 7.88. The molecule has 5 heteroatoms. The van der Waals surface area contributed by atoms with Crippen molar-refractivity contribution in [2.75, 3.05) is 0 Å². The molecule has 0 bridgehead atoms. The number of aldehydes is 1. The molecule has 0 aliphatic heterocycles. The van der Waals surface area contributed by atoms with Gasteiger partial charge < -0.3 is 0 Å². The average Bonchev–Trinajstić information content (AvgIpc) is 2.92. The SMILES string of the molecule is Cc1ccccc1-n1cc(C=O)c(-c2nccnc2C)n1. The van der Waals surface area contributed by atoms with Crippen LogP contribution in [-0.2, 0) is 0 Å². The Kier molecular flexibility index (Phi) is 3.31. The van der Waals surface area contributed by atoms with Gasteiger partial charge in [0.15, 0.2) is 6.29 Å². The smallest absolute Gasteiger partial charge is 0.153 e. The van der Waals surface area contributed by atoms with Gasteiger partial charge in [-0.1, -0.05) is 18.2 Å². The van der Waals surface area contributed by atoms with E-state index < -0.39 is 0 Å². The number of carbonyl (C=O) groups excluding carboxylic acids is 1.